The summed E-state index contributed by atoms with van der Waals surface area (Å²) in [7, 11) is 2.11. The first-order valence-electron chi connectivity index (χ1n) is 5.70. The molecule has 0 radical (unpaired) electrons. The van der Waals surface area contributed by atoms with Gasteiger partial charge in [0, 0.05) is 12.6 Å². The number of hydrogen-bond acceptors (Lipinski definition) is 2. The molecule has 2 nitrogen and oxygen atoms in total. The highest BCUT2D eigenvalue weighted by molar-refractivity contribution is 5.17. The third-order valence-electron chi connectivity index (χ3n) is 3.34. The Labute approximate surface area is 91.5 Å². The van der Waals surface area contributed by atoms with Gasteiger partial charge in [0.25, 0.3) is 0 Å². The first-order valence-corrected chi connectivity index (χ1v) is 5.70. The zero-order chi connectivity index (χ0) is 10.7. The molecular weight excluding hydrogens is 186 g/mol. The van der Waals surface area contributed by atoms with Crippen LogP contribution in [0.1, 0.15) is 30.9 Å². The molecule has 1 aliphatic carbocycles. The topological polar surface area (TPSA) is 23.5 Å². The predicted molar refractivity (Wildman–Crippen MR) is 61.7 cm³/mol. The highest BCUT2D eigenvalue weighted by atomic mass is 16.3. The van der Waals surface area contributed by atoms with Crippen LogP contribution in [-0.2, 0) is 0 Å². The minimum Gasteiger partial charge on any atom is -0.387 e. The number of benzene rings is 1. The molecule has 1 aromatic carbocycles. The highest BCUT2D eigenvalue weighted by Gasteiger charge is 2.23. The molecule has 1 aromatic rings. The minimum absolute atomic E-state index is 0.350. The second kappa shape index (κ2) is 4.77. The van der Waals surface area contributed by atoms with Gasteiger partial charge in [-0.1, -0.05) is 36.8 Å². The number of aliphatic hydroxyl groups is 1. The molecule has 0 heterocycles. The van der Waals surface area contributed by atoms with E-state index in [4.69, 9.17) is 0 Å². The molecule has 15 heavy (non-hydrogen) atoms. The summed E-state index contributed by atoms with van der Waals surface area (Å²) >= 11 is 0. The van der Waals surface area contributed by atoms with Crippen molar-refractivity contribution in [3.8, 4) is 0 Å². The van der Waals surface area contributed by atoms with Gasteiger partial charge in [0.15, 0.2) is 0 Å². The lowest BCUT2D eigenvalue weighted by atomic mass is 9.91. The first kappa shape index (κ1) is 10.7. The molecule has 0 bridgehead atoms. The maximum Gasteiger partial charge on any atom is 0.0916 e. The van der Waals surface area contributed by atoms with E-state index in [0.29, 0.717) is 6.04 Å². The maximum absolute atomic E-state index is 10.0. The summed E-state index contributed by atoms with van der Waals surface area (Å²) in [5, 5.41) is 10.0. The monoisotopic (exact) mass is 205 g/mol. The standard InChI is InChI=1S/C13H19NO/c1-14(12-8-5-9-12)10-13(15)11-6-3-2-4-7-11/h2-4,6-7,12-13,15H,5,8-10H2,1H3. The van der Waals surface area contributed by atoms with E-state index in [1.807, 2.05) is 30.3 Å². The van der Waals surface area contributed by atoms with Gasteiger partial charge in [-0.25, -0.2) is 0 Å². The lowest BCUT2D eigenvalue weighted by Crippen LogP contribution is -2.39. The lowest BCUT2D eigenvalue weighted by molar-refractivity contribution is 0.0776. The van der Waals surface area contributed by atoms with Crippen LogP contribution in [0.4, 0.5) is 0 Å². The number of rotatable bonds is 4. The molecule has 0 amide bonds. The Morgan fingerprint density at radius 3 is 2.53 bits per heavy atom. The van der Waals surface area contributed by atoms with Crippen molar-refractivity contribution in [2.75, 3.05) is 13.6 Å². The number of nitrogens with zero attached hydrogens (tertiary/aromatic N) is 1. The fourth-order valence-corrected chi connectivity index (χ4v) is 2.03. The van der Waals surface area contributed by atoms with Gasteiger partial charge >= 0.3 is 0 Å². The summed E-state index contributed by atoms with van der Waals surface area (Å²) in [6.45, 7) is 0.745. The van der Waals surface area contributed by atoms with Crippen molar-refractivity contribution in [3.05, 3.63) is 35.9 Å². The van der Waals surface area contributed by atoms with E-state index >= 15 is 0 Å². The van der Waals surface area contributed by atoms with E-state index in [1.54, 1.807) is 0 Å². The number of aliphatic hydroxyl groups excluding tert-OH is 1. The van der Waals surface area contributed by atoms with Crippen molar-refractivity contribution >= 4 is 0 Å². The molecule has 1 atom stereocenters. The van der Waals surface area contributed by atoms with E-state index in [0.717, 1.165) is 12.1 Å². The third-order valence-corrected chi connectivity index (χ3v) is 3.34. The van der Waals surface area contributed by atoms with Crippen molar-refractivity contribution in [2.24, 2.45) is 0 Å². The molecule has 2 rings (SSSR count). The summed E-state index contributed by atoms with van der Waals surface area (Å²) in [6, 6.07) is 10.6. The molecule has 1 saturated carbocycles. The van der Waals surface area contributed by atoms with Crippen LogP contribution >= 0.6 is 0 Å². The number of likely N-dealkylation sites (N-methyl/N-ethyl adjacent to an activating group) is 1. The van der Waals surface area contributed by atoms with E-state index < -0.39 is 0 Å². The molecule has 1 N–H and O–H groups in total. The second-order valence-electron chi connectivity index (χ2n) is 4.45. The smallest absolute Gasteiger partial charge is 0.0916 e. The number of hydrogen-bond donors (Lipinski definition) is 1. The van der Waals surface area contributed by atoms with Gasteiger partial charge < -0.3 is 10.0 Å². The van der Waals surface area contributed by atoms with Gasteiger partial charge in [-0.3, -0.25) is 0 Å². The van der Waals surface area contributed by atoms with E-state index in [1.165, 1.54) is 19.3 Å². The van der Waals surface area contributed by atoms with Crippen LogP contribution in [0.25, 0.3) is 0 Å². The van der Waals surface area contributed by atoms with E-state index in [-0.39, 0.29) is 6.10 Å². The van der Waals surface area contributed by atoms with Gasteiger partial charge in [0.05, 0.1) is 6.10 Å². The predicted octanol–water partition coefficient (Wildman–Crippen LogP) is 2.20. The molecule has 1 fully saturated rings. The summed E-state index contributed by atoms with van der Waals surface area (Å²) in [5.41, 5.74) is 1.02. The zero-order valence-corrected chi connectivity index (χ0v) is 9.26. The minimum atomic E-state index is -0.350. The summed E-state index contributed by atoms with van der Waals surface area (Å²) in [5.74, 6) is 0. The normalized spacial score (nSPS) is 18.9. The quantitative estimate of drug-likeness (QED) is 0.814. The summed E-state index contributed by atoms with van der Waals surface area (Å²) in [4.78, 5) is 2.28. The Morgan fingerprint density at radius 1 is 1.33 bits per heavy atom. The van der Waals surface area contributed by atoms with Gasteiger partial charge in [-0.2, -0.15) is 0 Å². The molecule has 0 aromatic heterocycles. The molecule has 82 valence electrons. The van der Waals surface area contributed by atoms with Crippen molar-refractivity contribution in [1.82, 2.24) is 4.90 Å². The molecule has 1 unspecified atom stereocenters. The van der Waals surface area contributed by atoms with Crippen LogP contribution in [0.15, 0.2) is 30.3 Å². The second-order valence-corrected chi connectivity index (χ2v) is 4.45. The Morgan fingerprint density at radius 2 is 2.00 bits per heavy atom. The molecule has 0 spiro atoms. The van der Waals surface area contributed by atoms with Crippen molar-refractivity contribution in [1.29, 1.82) is 0 Å². The van der Waals surface area contributed by atoms with Crippen LogP contribution < -0.4 is 0 Å². The molecule has 1 aliphatic rings. The fourth-order valence-electron chi connectivity index (χ4n) is 2.03. The first-order chi connectivity index (χ1) is 7.27. The Bertz CT molecular complexity index is 295. The average molecular weight is 205 g/mol. The zero-order valence-electron chi connectivity index (χ0n) is 9.26. The van der Waals surface area contributed by atoms with Gasteiger partial charge in [-0.05, 0) is 25.5 Å². The largest absolute Gasteiger partial charge is 0.387 e. The highest BCUT2D eigenvalue weighted by Crippen LogP contribution is 2.25. The SMILES string of the molecule is CN(CC(O)c1ccccc1)C1CCC1. The van der Waals surface area contributed by atoms with Gasteiger partial charge in [-0.15, -0.1) is 0 Å². The Kier molecular flexibility index (Phi) is 3.39. The molecule has 0 saturated heterocycles. The van der Waals surface area contributed by atoms with E-state index in [9.17, 15) is 5.11 Å². The van der Waals surface area contributed by atoms with E-state index in [2.05, 4.69) is 11.9 Å². The van der Waals surface area contributed by atoms with Crippen LogP contribution in [0.3, 0.4) is 0 Å². The molecular formula is C13H19NO. The Balaban J connectivity index is 1.88. The van der Waals surface area contributed by atoms with Crippen molar-refractivity contribution in [2.45, 2.75) is 31.4 Å². The van der Waals surface area contributed by atoms with Crippen molar-refractivity contribution < 1.29 is 5.11 Å². The van der Waals surface area contributed by atoms with Crippen LogP contribution in [0.5, 0.6) is 0 Å². The van der Waals surface area contributed by atoms with Crippen LogP contribution in [-0.4, -0.2) is 29.6 Å². The van der Waals surface area contributed by atoms with Gasteiger partial charge in [0.1, 0.15) is 0 Å². The lowest BCUT2D eigenvalue weighted by Gasteiger charge is -2.35. The summed E-state index contributed by atoms with van der Waals surface area (Å²) < 4.78 is 0. The van der Waals surface area contributed by atoms with Gasteiger partial charge in [0.2, 0.25) is 0 Å². The fraction of sp³-hybridized carbons (Fsp3) is 0.538. The van der Waals surface area contributed by atoms with Crippen LogP contribution in [0.2, 0.25) is 0 Å². The average Bonchev–Trinajstić information content (AvgIpc) is 2.16. The Hall–Kier alpha value is -0.860. The third kappa shape index (κ3) is 2.58. The molecule has 0 aliphatic heterocycles. The maximum atomic E-state index is 10.0. The molecule has 2 heteroatoms. The summed E-state index contributed by atoms with van der Waals surface area (Å²) in [6.07, 6.45) is 3.57. The van der Waals surface area contributed by atoms with Crippen LogP contribution in [0, 0.1) is 0 Å². The van der Waals surface area contributed by atoms with Crippen molar-refractivity contribution in [3.63, 3.8) is 0 Å².